The average Bonchev–Trinajstić information content (AvgIpc) is 3.32. The van der Waals surface area contributed by atoms with Crippen LogP contribution in [-0.2, 0) is 12.8 Å². The van der Waals surface area contributed by atoms with Crippen molar-refractivity contribution in [3.63, 3.8) is 0 Å². The third kappa shape index (κ3) is 2.50. The SMILES string of the molecule is O=C(O)c1sc(C(=O)N2CCC(c3ncn[nH]3)C2)c2c1CCCC2. The number of carbonyl (C=O) groups is 2. The van der Waals surface area contributed by atoms with E-state index in [1.165, 1.54) is 6.33 Å². The maximum absolute atomic E-state index is 13.0. The molecule has 1 saturated heterocycles. The van der Waals surface area contributed by atoms with Gasteiger partial charge in [0.05, 0.1) is 4.88 Å². The Kier molecular flexibility index (Phi) is 3.84. The monoisotopic (exact) mass is 346 g/mol. The highest BCUT2D eigenvalue weighted by Gasteiger charge is 2.34. The molecule has 2 aromatic rings. The fourth-order valence-corrected chi connectivity index (χ4v) is 4.91. The van der Waals surface area contributed by atoms with E-state index in [2.05, 4.69) is 15.2 Å². The summed E-state index contributed by atoms with van der Waals surface area (Å²) in [5.74, 6) is 0.0294. The first-order chi connectivity index (χ1) is 11.6. The molecule has 0 radical (unpaired) electrons. The van der Waals surface area contributed by atoms with E-state index in [0.717, 1.165) is 60.4 Å². The summed E-state index contributed by atoms with van der Waals surface area (Å²) in [6, 6.07) is 0. The van der Waals surface area contributed by atoms with Crippen molar-refractivity contribution in [3.05, 3.63) is 33.0 Å². The number of amides is 1. The van der Waals surface area contributed by atoms with Crippen LogP contribution in [0.4, 0.5) is 0 Å². The molecular formula is C16H18N4O3S. The van der Waals surface area contributed by atoms with E-state index in [-0.39, 0.29) is 11.8 Å². The van der Waals surface area contributed by atoms with E-state index in [0.29, 0.717) is 22.8 Å². The lowest BCUT2D eigenvalue weighted by Crippen LogP contribution is -2.28. The molecule has 0 bridgehead atoms. The van der Waals surface area contributed by atoms with Crippen molar-refractivity contribution < 1.29 is 14.7 Å². The highest BCUT2D eigenvalue weighted by Crippen LogP contribution is 2.36. The van der Waals surface area contributed by atoms with Crippen molar-refractivity contribution in [1.29, 1.82) is 0 Å². The van der Waals surface area contributed by atoms with Crippen LogP contribution in [0.2, 0.25) is 0 Å². The molecule has 24 heavy (non-hydrogen) atoms. The number of hydrogen-bond acceptors (Lipinski definition) is 5. The maximum Gasteiger partial charge on any atom is 0.346 e. The van der Waals surface area contributed by atoms with Gasteiger partial charge in [0.25, 0.3) is 5.91 Å². The lowest BCUT2D eigenvalue weighted by atomic mass is 9.92. The fraction of sp³-hybridized carbons (Fsp3) is 0.500. The molecule has 2 N–H and O–H groups in total. The Balaban J connectivity index is 1.60. The number of H-pyrrole nitrogens is 1. The molecule has 126 valence electrons. The van der Waals surface area contributed by atoms with Crippen LogP contribution in [0.1, 0.15) is 61.5 Å². The largest absolute Gasteiger partial charge is 0.477 e. The number of likely N-dealkylation sites (tertiary alicyclic amines) is 1. The number of carboxylic acid groups (broad SMARTS) is 1. The van der Waals surface area contributed by atoms with Crippen molar-refractivity contribution in [2.24, 2.45) is 0 Å². The van der Waals surface area contributed by atoms with E-state index >= 15 is 0 Å². The molecule has 8 heteroatoms. The summed E-state index contributed by atoms with van der Waals surface area (Å²) in [6.07, 6.45) is 5.91. The Morgan fingerprint density at radius 3 is 2.67 bits per heavy atom. The molecule has 0 spiro atoms. The van der Waals surface area contributed by atoms with E-state index < -0.39 is 5.97 Å². The molecule has 1 amide bonds. The minimum absolute atomic E-state index is 0.0346. The van der Waals surface area contributed by atoms with Gasteiger partial charge in [-0.2, -0.15) is 5.10 Å². The van der Waals surface area contributed by atoms with E-state index in [4.69, 9.17) is 0 Å². The smallest absolute Gasteiger partial charge is 0.346 e. The molecular weight excluding hydrogens is 328 g/mol. The number of fused-ring (bicyclic) bond motifs is 1. The Morgan fingerprint density at radius 1 is 1.25 bits per heavy atom. The van der Waals surface area contributed by atoms with Crippen molar-refractivity contribution in [2.75, 3.05) is 13.1 Å². The summed E-state index contributed by atoms with van der Waals surface area (Å²) in [5.41, 5.74) is 1.85. The van der Waals surface area contributed by atoms with Crippen LogP contribution in [0.25, 0.3) is 0 Å². The van der Waals surface area contributed by atoms with Crippen LogP contribution >= 0.6 is 11.3 Å². The summed E-state index contributed by atoms with van der Waals surface area (Å²) in [5, 5.41) is 16.2. The predicted molar refractivity (Wildman–Crippen MR) is 87.6 cm³/mol. The Hall–Kier alpha value is -2.22. The van der Waals surface area contributed by atoms with Gasteiger partial charge in [-0.25, -0.2) is 9.78 Å². The Morgan fingerprint density at radius 2 is 2.00 bits per heavy atom. The van der Waals surface area contributed by atoms with Gasteiger partial charge in [-0.05, 0) is 43.2 Å². The topological polar surface area (TPSA) is 99.2 Å². The van der Waals surface area contributed by atoms with E-state index in [9.17, 15) is 14.7 Å². The molecule has 2 aromatic heterocycles. The van der Waals surface area contributed by atoms with Crippen molar-refractivity contribution in [2.45, 2.75) is 38.0 Å². The summed E-state index contributed by atoms with van der Waals surface area (Å²) >= 11 is 1.15. The normalized spacial score (nSPS) is 20.2. The average molecular weight is 346 g/mol. The molecule has 7 nitrogen and oxygen atoms in total. The number of nitrogens with zero attached hydrogens (tertiary/aromatic N) is 3. The third-order valence-electron chi connectivity index (χ3n) is 4.90. The summed E-state index contributed by atoms with van der Waals surface area (Å²) in [6.45, 7) is 1.27. The number of carbonyl (C=O) groups excluding carboxylic acids is 1. The minimum Gasteiger partial charge on any atom is -0.477 e. The van der Waals surface area contributed by atoms with E-state index in [1.54, 1.807) is 0 Å². The quantitative estimate of drug-likeness (QED) is 0.886. The standard InChI is InChI=1S/C16H18N4O3S/c21-15(20-6-5-9(7-20)14-17-8-18-19-14)12-10-3-1-2-4-11(10)13(24-12)16(22)23/h8-9H,1-7H2,(H,22,23)(H,17,18,19). The summed E-state index contributed by atoms with van der Waals surface area (Å²) in [4.78, 5) is 31.4. The van der Waals surface area contributed by atoms with Crippen LogP contribution < -0.4 is 0 Å². The lowest BCUT2D eigenvalue weighted by Gasteiger charge is -2.18. The Bertz CT molecular complexity index is 784. The number of aromatic carboxylic acids is 1. The van der Waals surface area contributed by atoms with Gasteiger partial charge in [0.2, 0.25) is 0 Å². The number of nitrogens with one attached hydrogen (secondary N) is 1. The van der Waals surface area contributed by atoms with Crippen molar-refractivity contribution in [3.8, 4) is 0 Å². The number of thiophene rings is 1. The second-order valence-corrected chi connectivity index (χ2v) is 7.36. The van der Waals surface area contributed by atoms with Gasteiger partial charge in [-0.3, -0.25) is 9.89 Å². The van der Waals surface area contributed by atoms with Crippen LogP contribution in [0.5, 0.6) is 0 Å². The molecule has 1 aliphatic heterocycles. The molecule has 1 aliphatic carbocycles. The van der Waals surface area contributed by atoms with Gasteiger partial charge >= 0.3 is 5.97 Å². The van der Waals surface area contributed by atoms with Crippen LogP contribution in [0.3, 0.4) is 0 Å². The maximum atomic E-state index is 13.0. The van der Waals surface area contributed by atoms with Crippen LogP contribution in [0, 0.1) is 0 Å². The number of aromatic amines is 1. The van der Waals surface area contributed by atoms with Gasteiger partial charge in [-0.15, -0.1) is 11.3 Å². The van der Waals surface area contributed by atoms with E-state index in [1.807, 2.05) is 4.90 Å². The van der Waals surface area contributed by atoms with Crippen LogP contribution in [0.15, 0.2) is 6.33 Å². The highest BCUT2D eigenvalue weighted by atomic mass is 32.1. The third-order valence-corrected chi connectivity index (χ3v) is 6.15. The molecule has 0 saturated carbocycles. The Labute approximate surface area is 142 Å². The molecule has 1 atom stereocenters. The highest BCUT2D eigenvalue weighted by molar-refractivity contribution is 7.16. The zero-order chi connectivity index (χ0) is 16.7. The first-order valence-electron chi connectivity index (χ1n) is 8.17. The molecule has 4 rings (SSSR count). The molecule has 3 heterocycles. The second-order valence-electron chi connectivity index (χ2n) is 6.34. The van der Waals surface area contributed by atoms with Gasteiger partial charge in [0.1, 0.15) is 17.0 Å². The molecule has 1 unspecified atom stereocenters. The zero-order valence-electron chi connectivity index (χ0n) is 13.1. The number of carboxylic acids is 1. The first kappa shape index (κ1) is 15.3. The predicted octanol–water partition coefficient (Wildman–Crippen LogP) is 2.07. The summed E-state index contributed by atoms with van der Waals surface area (Å²) < 4.78 is 0. The molecule has 0 aromatic carbocycles. The lowest BCUT2D eigenvalue weighted by molar-refractivity contribution is 0.0700. The molecule has 2 aliphatic rings. The zero-order valence-corrected chi connectivity index (χ0v) is 13.9. The van der Waals surface area contributed by atoms with Gasteiger partial charge in [0, 0.05) is 19.0 Å². The number of hydrogen-bond donors (Lipinski definition) is 2. The van der Waals surface area contributed by atoms with Gasteiger partial charge in [-0.1, -0.05) is 0 Å². The van der Waals surface area contributed by atoms with Gasteiger partial charge in [0.15, 0.2) is 0 Å². The number of rotatable bonds is 3. The second kappa shape index (κ2) is 6.01. The number of aromatic nitrogens is 3. The van der Waals surface area contributed by atoms with Crippen molar-refractivity contribution in [1.82, 2.24) is 20.1 Å². The van der Waals surface area contributed by atoms with Crippen molar-refractivity contribution >= 4 is 23.2 Å². The summed E-state index contributed by atoms with van der Waals surface area (Å²) in [7, 11) is 0. The minimum atomic E-state index is -0.918. The van der Waals surface area contributed by atoms with Crippen LogP contribution in [-0.4, -0.2) is 50.2 Å². The first-order valence-corrected chi connectivity index (χ1v) is 8.99. The molecule has 1 fully saturated rings. The van der Waals surface area contributed by atoms with Gasteiger partial charge < -0.3 is 10.0 Å². The fourth-order valence-electron chi connectivity index (χ4n) is 3.70.